The molecule has 0 unspecified atom stereocenters. The molecule has 6 heteroatoms. The molecule has 0 aromatic heterocycles. The third kappa shape index (κ3) is 2.14. The minimum Gasteiger partial charge on any atom is -0.366 e. The molecule has 13 heavy (non-hydrogen) atoms. The highest BCUT2D eigenvalue weighted by Gasteiger charge is 2.13. The first kappa shape index (κ1) is 9.90. The Labute approximate surface area is 87.2 Å². The fourth-order valence-electron chi connectivity index (χ4n) is 0.806. The molecule has 0 aliphatic carbocycles. The monoisotopic (exact) mass is 294 g/mol. The van der Waals surface area contributed by atoms with Gasteiger partial charge in [-0.25, -0.2) is 0 Å². The summed E-state index contributed by atoms with van der Waals surface area (Å²) in [7, 11) is 0. The van der Waals surface area contributed by atoms with Gasteiger partial charge in [0.05, 0.1) is 8.49 Å². The first-order valence-electron chi connectivity index (χ1n) is 3.26. The molecule has 0 spiro atoms. The number of hydrogen-bond acceptors (Lipinski definition) is 3. The second-order valence-electron chi connectivity index (χ2n) is 2.29. The number of carbonyl (C=O) groups excluding carboxylic acids is 1. The fraction of sp³-hybridized carbons (Fsp3) is 0. The second-order valence-corrected chi connectivity index (χ2v) is 3.45. The molecule has 0 aliphatic heterocycles. The van der Waals surface area contributed by atoms with Gasteiger partial charge in [-0.3, -0.25) is 14.9 Å². The van der Waals surface area contributed by atoms with Crippen LogP contribution in [0.5, 0.6) is 0 Å². The van der Waals surface area contributed by atoms with Gasteiger partial charge in [0.25, 0.3) is 5.69 Å². The quantitative estimate of drug-likeness (QED) is 0.506. The molecule has 5 nitrogen and oxygen atoms in total. The molecule has 1 aromatic carbocycles. The van der Waals surface area contributed by atoms with Crippen molar-refractivity contribution in [2.45, 2.75) is 0 Å². The summed E-state index contributed by atoms with van der Waals surface area (Å²) in [5, 5.41) is 10.4. The highest BCUT2D eigenvalue weighted by molar-refractivity contribution is 14.1. The number of hydrogen-bond donors (Lipinski definition) is 1. The highest BCUT2D eigenvalue weighted by atomic mass is 127. The van der Waals surface area contributed by atoms with E-state index in [1.54, 1.807) is 0 Å². The average molecular weight is 294 g/mol. The minimum atomic E-state index is -0.667. The SMILES string of the molecule is N[14C](=O)c1ccc(I)c([N+](=O)[O-])c1. The van der Waals surface area contributed by atoms with Gasteiger partial charge in [0.1, 0.15) is 0 Å². The van der Waals surface area contributed by atoms with Crippen LogP contribution in [0, 0.1) is 13.7 Å². The fourth-order valence-corrected chi connectivity index (χ4v) is 1.34. The maximum absolute atomic E-state index is 10.7. The minimum absolute atomic E-state index is 0.100. The Balaban J connectivity index is 3.27. The van der Waals surface area contributed by atoms with E-state index in [1.807, 2.05) is 22.6 Å². The Morgan fingerprint density at radius 1 is 1.54 bits per heavy atom. The summed E-state index contributed by atoms with van der Waals surface area (Å²) < 4.78 is 0.479. The Hall–Kier alpha value is -1.18. The lowest BCUT2D eigenvalue weighted by atomic mass is 10.3. The molecule has 0 aliphatic rings. The van der Waals surface area contributed by atoms with Crippen molar-refractivity contribution in [1.29, 1.82) is 0 Å². The Morgan fingerprint density at radius 3 is 2.62 bits per heavy atom. The molecular weight excluding hydrogens is 289 g/mol. The van der Waals surface area contributed by atoms with E-state index in [9.17, 15) is 14.9 Å². The highest BCUT2D eigenvalue weighted by Crippen LogP contribution is 2.21. The summed E-state index contributed by atoms with van der Waals surface area (Å²) in [4.78, 5) is 20.6. The lowest BCUT2D eigenvalue weighted by molar-refractivity contribution is -0.385. The normalized spacial score (nSPS) is 9.62. The van der Waals surface area contributed by atoms with E-state index in [0.29, 0.717) is 3.57 Å². The van der Waals surface area contributed by atoms with Crippen molar-refractivity contribution >= 4 is 34.2 Å². The van der Waals surface area contributed by atoms with E-state index >= 15 is 0 Å². The van der Waals surface area contributed by atoms with Gasteiger partial charge in [-0.2, -0.15) is 0 Å². The van der Waals surface area contributed by atoms with Crippen molar-refractivity contribution < 1.29 is 9.72 Å². The number of primary amides is 1. The predicted octanol–water partition coefficient (Wildman–Crippen LogP) is 1.30. The van der Waals surface area contributed by atoms with Crippen LogP contribution in [0.25, 0.3) is 0 Å². The summed E-state index contributed by atoms with van der Waals surface area (Å²) in [5.41, 5.74) is 5.01. The number of rotatable bonds is 2. The number of amides is 1. The lowest BCUT2D eigenvalue weighted by Gasteiger charge is -1.97. The standard InChI is InChI=1S/C7H5IN2O3/c8-5-2-1-4(7(9)11)3-6(5)10(12)13/h1-3H,(H2,9,11)/i7+2. The molecule has 0 atom stereocenters. The maximum Gasteiger partial charge on any atom is 0.283 e. The molecule has 68 valence electrons. The lowest BCUT2D eigenvalue weighted by Crippen LogP contribution is -2.11. The molecule has 0 bridgehead atoms. The molecule has 0 fully saturated rings. The third-order valence-corrected chi connectivity index (χ3v) is 2.34. The molecular formula is C7H5IN2O3. The zero-order valence-electron chi connectivity index (χ0n) is 6.36. The Kier molecular flexibility index (Phi) is 2.81. The van der Waals surface area contributed by atoms with Crippen molar-refractivity contribution in [2.75, 3.05) is 0 Å². The molecule has 1 amide bonds. The van der Waals surface area contributed by atoms with Gasteiger partial charge >= 0.3 is 0 Å². The number of nitrogens with zero attached hydrogens (tertiary/aromatic N) is 1. The van der Waals surface area contributed by atoms with Gasteiger partial charge in [0, 0.05) is 11.6 Å². The van der Waals surface area contributed by atoms with E-state index in [-0.39, 0.29) is 11.3 Å². The number of nitro groups is 1. The summed E-state index contributed by atoms with van der Waals surface area (Å²) in [6.07, 6.45) is 0. The number of benzene rings is 1. The van der Waals surface area contributed by atoms with Crippen molar-refractivity contribution in [3.8, 4) is 0 Å². The van der Waals surface area contributed by atoms with Crippen LogP contribution < -0.4 is 5.73 Å². The average Bonchev–Trinajstić information content (AvgIpc) is 2.04. The zero-order chi connectivity index (χ0) is 10.0. The van der Waals surface area contributed by atoms with Crippen molar-refractivity contribution in [2.24, 2.45) is 5.73 Å². The van der Waals surface area contributed by atoms with Crippen LogP contribution in [0.4, 0.5) is 5.69 Å². The molecule has 2 N–H and O–H groups in total. The van der Waals surface area contributed by atoms with Crippen LogP contribution in [-0.4, -0.2) is 10.8 Å². The van der Waals surface area contributed by atoms with Crippen molar-refractivity contribution in [3.63, 3.8) is 0 Å². The van der Waals surface area contributed by atoms with Crippen LogP contribution in [0.15, 0.2) is 18.2 Å². The van der Waals surface area contributed by atoms with Crippen molar-refractivity contribution in [3.05, 3.63) is 37.4 Å². The topological polar surface area (TPSA) is 86.2 Å². The third-order valence-electron chi connectivity index (χ3n) is 1.43. The summed E-state index contributed by atoms with van der Waals surface area (Å²) in [6, 6.07) is 4.11. The molecule has 0 radical (unpaired) electrons. The van der Waals surface area contributed by atoms with Crippen LogP contribution >= 0.6 is 22.6 Å². The first-order chi connectivity index (χ1) is 6.02. The largest absolute Gasteiger partial charge is 0.366 e. The summed E-state index contributed by atoms with van der Waals surface area (Å²) >= 11 is 1.82. The van der Waals surface area contributed by atoms with E-state index in [0.717, 1.165) is 0 Å². The van der Waals surface area contributed by atoms with Gasteiger partial charge in [-0.1, -0.05) is 0 Å². The molecule has 1 rings (SSSR count). The smallest absolute Gasteiger partial charge is 0.283 e. The molecule has 0 saturated carbocycles. The second kappa shape index (κ2) is 3.69. The molecule has 0 saturated heterocycles. The Bertz CT molecular complexity index is 378. The summed E-state index contributed by atoms with van der Waals surface area (Å²) in [5.74, 6) is -0.667. The van der Waals surface area contributed by atoms with Crippen LogP contribution in [-0.2, 0) is 0 Å². The number of halogens is 1. The van der Waals surface area contributed by atoms with E-state index in [2.05, 4.69) is 0 Å². The Morgan fingerprint density at radius 2 is 2.15 bits per heavy atom. The molecule has 1 aromatic rings. The van der Waals surface area contributed by atoms with Gasteiger partial charge in [-0.05, 0) is 34.7 Å². The van der Waals surface area contributed by atoms with Crippen LogP contribution in [0.2, 0.25) is 0 Å². The van der Waals surface area contributed by atoms with Crippen LogP contribution in [0.3, 0.4) is 0 Å². The van der Waals surface area contributed by atoms with Gasteiger partial charge in [0.15, 0.2) is 0 Å². The van der Waals surface area contributed by atoms with Crippen LogP contribution in [0.1, 0.15) is 10.4 Å². The van der Waals surface area contributed by atoms with Crippen molar-refractivity contribution in [1.82, 2.24) is 0 Å². The zero-order valence-corrected chi connectivity index (χ0v) is 8.52. The van der Waals surface area contributed by atoms with Gasteiger partial charge in [0.2, 0.25) is 5.91 Å². The number of nitro benzene ring substituents is 1. The van der Waals surface area contributed by atoms with E-state index in [4.69, 9.17) is 5.73 Å². The van der Waals surface area contributed by atoms with E-state index < -0.39 is 10.8 Å². The van der Waals surface area contributed by atoms with Gasteiger partial charge < -0.3 is 5.73 Å². The maximum atomic E-state index is 10.7. The molecule has 0 heterocycles. The van der Waals surface area contributed by atoms with Gasteiger partial charge in [-0.15, -0.1) is 0 Å². The van der Waals surface area contributed by atoms with E-state index in [1.165, 1.54) is 18.2 Å². The first-order valence-corrected chi connectivity index (χ1v) is 4.34. The number of nitrogens with two attached hydrogens (primary N) is 1. The predicted molar refractivity (Wildman–Crippen MR) is 54.3 cm³/mol. The summed E-state index contributed by atoms with van der Waals surface area (Å²) in [6.45, 7) is 0. The number of carbonyl (C=O) groups is 1.